The number of carbonyl (C=O) groups excluding carboxylic acids is 1. The van der Waals surface area contributed by atoms with Crippen molar-refractivity contribution in [1.82, 2.24) is 0 Å². The fraction of sp³-hybridized carbons (Fsp3) is 0.211. The summed E-state index contributed by atoms with van der Waals surface area (Å²) in [5.41, 5.74) is 4.22. The average molecular weight is 294 g/mol. The van der Waals surface area contributed by atoms with Crippen LogP contribution in [-0.4, -0.2) is 12.4 Å². The average Bonchev–Trinajstić information content (AvgIpc) is 2.93. The Morgan fingerprint density at radius 1 is 1.09 bits per heavy atom. The largest absolute Gasteiger partial charge is 0.453 e. The summed E-state index contributed by atoms with van der Waals surface area (Å²) in [6, 6.07) is 15.5. The van der Waals surface area contributed by atoms with Gasteiger partial charge in [0.25, 0.3) is 0 Å². The molecule has 0 aliphatic heterocycles. The maximum Gasteiger partial charge on any atom is 0.223 e. The fourth-order valence-electron chi connectivity index (χ4n) is 2.45. The van der Waals surface area contributed by atoms with Crippen LogP contribution in [0.15, 0.2) is 52.9 Å². The minimum Gasteiger partial charge on any atom is -0.453 e. The lowest BCUT2D eigenvalue weighted by atomic mass is 10.1. The van der Waals surface area contributed by atoms with E-state index >= 15 is 0 Å². The van der Waals surface area contributed by atoms with Crippen molar-refractivity contribution < 1.29 is 13.9 Å². The molecule has 0 atom stereocenters. The molecule has 0 radical (unpaired) electrons. The van der Waals surface area contributed by atoms with Crippen molar-refractivity contribution in [2.24, 2.45) is 0 Å². The number of fused-ring (bicyclic) bond motifs is 1. The molecular weight excluding hydrogens is 276 g/mol. The number of Topliss-reactive ketones (excluding diaryl/α,β-unsaturated/α-hetero) is 1. The summed E-state index contributed by atoms with van der Waals surface area (Å²) >= 11 is 0. The van der Waals surface area contributed by atoms with Crippen LogP contribution in [0.3, 0.4) is 0 Å². The molecule has 22 heavy (non-hydrogen) atoms. The zero-order chi connectivity index (χ0) is 15.5. The van der Waals surface area contributed by atoms with Crippen LogP contribution in [0.5, 0.6) is 0 Å². The number of hydrogen-bond donors (Lipinski definition) is 0. The first-order valence-electron chi connectivity index (χ1n) is 7.29. The van der Waals surface area contributed by atoms with Gasteiger partial charge in [0.1, 0.15) is 12.2 Å². The van der Waals surface area contributed by atoms with Crippen molar-refractivity contribution in [3.8, 4) is 0 Å². The van der Waals surface area contributed by atoms with Crippen molar-refractivity contribution in [2.45, 2.75) is 20.5 Å². The molecule has 3 aromatic rings. The van der Waals surface area contributed by atoms with Crippen LogP contribution in [0.25, 0.3) is 11.0 Å². The number of carbonyl (C=O) groups is 1. The Balaban J connectivity index is 1.62. The van der Waals surface area contributed by atoms with Crippen molar-refractivity contribution in [3.63, 3.8) is 0 Å². The minimum atomic E-state index is -0.138. The normalized spacial score (nSPS) is 11.0. The molecule has 0 aliphatic rings. The second-order valence-electron chi connectivity index (χ2n) is 5.49. The summed E-state index contributed by atoms with van der Waals surface area (Å²) in [6.07, 6.45) is 0. The molecule has 1 heterocycles. The van der Waals surface area contributed by atoms with Crippen molar-refractivity contribution in [1.29, 1.82) is 0 Å². The Labute approximate surface area is 129 Å². The molecule has 0 saturated heterocycles. The first kappa shape index (κ1) is 14.5. The fourth-order valence-corrected chi connectivity index (χ4v) is 2.45. The third-order valence-corrected chi connectivity index (χ3v) is 3.69. The van der Waals surface area contributed by atoms with Crippen LogP contribution in [0.1, 0.15) is 27.2 Å². The van der Waals surface area contributed by atoms with Gasteiger partial charge in [0.15, 0.2) is 5.76 Å². The predicted octanol–water partition coefficient (Wildman–Crippen LogP) is 4.45. The summed E-state index contributed by atoms with van der Waals surface area (Å²) in [5.74, 6) is 0.211. The summed E-state index contributed by atoms with van der Waals surface area (Å²) in [4.78, 5) is 12.1. The summed E-state index contributed by atoms with van der Waals surface area (Å²) < 4.78 is 11.1. The zero-order valence-corrected chi connectivity index (χ0v) is 12.8. The van der Waals surface area contributed by atoms with E-state index in [2.05, 4.69) is 13.0 Å². The highest BCUT2D eigenvalue weighted by Crippen LogP contribution is 2.19. The predicted molar refractivity (Wildman–Crippen MR) is 86.1 cm³/mol. The van der Waals surface area contributed by atoms with Crippen molar-refractivity contribution >= 4 is 16.8 Å². The molecule has 2 aromatic carbocycles. The Morgan fingerprint density at radius 2 is 1.91 bits per heavy atom. The first-order valence-corrected chi connectivity index (χ1v) is 7.29. The first-order chi connectivity index (χ1) is 10.6. The number of ether oxygens (including phenoxy) is 1. The van der Waals surface area contributed by atoms with Crippen LogP contribution in [0, 0.1) is 13.8 Å². The van der Waals surface area contributed by atoms with E-state index in [-0.39, 0.29) is 12.4 Å². The second kappa shape index (κ2) is 6.16. The topological polar surface area (TPSA) is 39.4 Å². The van der Waals surface area contributed by atoms with Gasteiger partial charge in [-0.25, -0.2) is 0 Å². The van der Waals surface area contributed by atoms with Gasteiger partial charge in [-0.1, -0.05) is 42.0 Å². The summed E-state index contributed by atoms with van der Waals surface area (Å²) in [5, 5.41) is 0.931. The molecule has 0 amide bonds. The smallest absolute Gasteiger partial charge is 0.223 e. The third kappa shape index (κ3) is 3.10. The Morgan fingerprint density at radius 3 is 2.68 bits per heavy atom. The van der Waals surface area contributed by atoms with Gasteiger partial charge in [-0.3, -0.25) is 4.79 Å². The monoisotopic (exact) mass is 294 g/mol. The lowest BCUT2D eigenvalue weighted by molar-refractivity contribution is 0.0701. The number of ketones is 1. The molecule has 0 saturated carbocycles. The van der Waals surface area contributed by atoms with Crippen molar-refractivity contribution in [3.05, 3.63) is 71.0 Å². The van der Waals surface area contributed by atoms with Crippen LogP contribution in [-0.2, 0) is 11.3 Å². The third-order valence-electron chi connectivity index (χ3n) is 3.69. The van der Waals surface area contributed by atoms with Gasteiger partial charge < -0.3 is 9.15 Å². The number of furan rings is 1. The van der Waals surface area contributed by atoms with Crippen LogP contribution in [0.2, 0.25) is 0 Å². The molecule has 0 spiro atoms. The zero-order valence-electron chi connectivity index (χ0n) is 12.8. The van der Waals surface area contributed by atoms with Gasteiger partial charge in [0.05, 0.1) is 6.61 Å². The number of rotatable bonds is 5. The molecule has 3 rings (SSSR count). The molecule has 0 aliphatic carbocycles. The lowest BCUT2D eigenvalue weighted by Crippen LogP contribution is -2.08. The number of aryl methyl sites for hydroxylation is 2. The van der Waals surface area contributed by atoms with E-state index in [1.54, 1.807) is 6.07 Å². The van der Waals surface area contributed by atoms with Gasteiger partial charge >= 0.3 is 0 Å². The Kier molecular flexibility index (Phi) is 4.07. The second-order valence-corrected chi connectivity index (χ2v) is 5.49. The number of benzene rings is 2. The number of para-hydroxylation sites is 1. The molecule has 0 bridgehead atoms. The van der Waals surface area contributed by atoms with Gasteiger partial charge in [0, 0.05) is 5.39 Å². The molecular formula is C19H18O3. The van der Waals surface area contributed by atoms with Gasteiger partial charge in [-0.15, -0.1) is 0 Å². The summed E-state index contributed by atoms with van der Waals surface area (Å²) in [7, 11) is 0. The van der Waals surface area contributed by atoms with E-state index in [4.69, 9.17) is 9.15 Å². The maximum atomic E-state index is 12.1. The molecule has 0 unspecified atom stereocenters. The molecule has 1 aromatic heterocycles. The van der Waals surface area contributed by atoms with E-state index in [0.717, 1.165) is 16.5 Å². The van der Waals surface area contributed by atoms with Crippen LogP contribution < -0.4 is 0 Å². The van der Waals surface area contributed by atoms with Crippen LogP contribution >= 0.6 is 0 Å². The standard InChI is InChI=1S/C19H18O3/c1-13-7-8-16(14(2)9-13)11-21-12-17(20)19-10-15-5-3-4-6-18(15)22-19/h3-10H,11-12H2,1-2H3. The van der Waals surface area contributed by atoms with Gasteiger partial charge in [-0.05, 0) is 37.1 Å². The molecule has 3 nitrogen and oxygen atoms in total. The SMILES string of the molecule is Cc1ccc(COCC(=O)c2cc3ccccc3o2)c(C)c1. The van der Waals surface area contributed by atoms with E-state index < -0.39 is 0 Å². The molecule has 112 valence electrons. The molecule has 0 fully saturated rings. The highest BCUT2D eigenvalue weighted by molar-refractivity contribution is 5.98. The Hall–Kier alpha value is -2.39. The van der Waals surface area contributed by atoms with Gasteiger partial charge in [-0.2, -0.15) is 0 Å². The minimum absolute atomic E-state index is 0.0210. The van der Waals surface area contributed by atoms with Crippen LogP contribution in [0.4, 0.5) is 0 Å². The van der Waals surface area contributed by atoms with Gasteiger partial charge in [0.2, 0.25) is 5.78 Å². The van der Waals surface area contributed by atoms with E-state index in [1.165, 1.54) is 11.1 Å². The van der Waals surface area contributed by atoms with Crippen molar-refractivity contribution in [2.75, 3.05) is 6.61 Å². The quantitative estimate of drug-likeness (QED) is 0.653. The van der Waals surface area contributed by atoms with E-state index in [1.807, 2.05) is 43.3 Å². The number of hydrogen-bond acceptors (Lipinski definition) is 3. The maximum absolute atomic E-state index is 12.1. The van der Waals surface area contributed by atoms with E-state index in [0.29, 0.717) is 12.4 Å². The molecule has 0 N–H and O–H groups in total. The van der Waals surface area contributed by atoms with E-state index in [9.17, 15) is 4.79 Å². The highest BCUT2D eigenvalue weighted by atomic mass is 16.5. The molecule has 3 heteroatoms. The Bertz CT molecular complexity index is 781. The highest BCUT2D eigenvalue weighted by Gasteiger charge is 2.12. The lowest BCUT2D eigenvalue weighted by Gasteiger charge is -2.07. The summed E-state index contributed by atoms with van der Waals surface area (Å²) in [6.45, 7) is 4.56.